The number of hydrogen-bond acceptors (Lipinski definition) is 9. The maximum atomic E-state index is 13.0. The fraction of sp³-hybridized carbons (Fsp3) is 0.259. The van der Waals surface area contributed by atoms with Crippen LogP contribution in [0.4, 0.5) is 30.5 Å². The van der Waals surface area contributed by atoms with Crippen LogP contribution in [0.1, 0.15) is 40.2 Å². The second-order valence-electron chi connectivity index (χ2n) is 9.50. The fourth-order valence-electron chi connectivity index (χ4n) is 4.81. The Morgan fingerprint density at radius 1 is 1.07 bits per heavy atom. The molecule has 0 aliphatic carbocycles. The molecule has 6 bridgehead atoms. The van der Waals surface area contributed by atoms with E-state index < -0.39 is 6.36 Å². The van der Waals surface area contributed by atoms with Gasteiger partial charge in [-0.3, -0.25) is 4.68 Å². The van der Waals surface area contributed by atoms with Crippen molar-refractivity contribution in [2.75, 3.05) is 23.4 Å². The molecule has 8 N–H and O–H groups in total. The normalized spacial score (nSPS) is 16.1. The lowest BCUT2D eigenvalue weighted by molar-refractivity contribution is -0.274. The highest BCUT2D eigenvalue weighted by Crippen LogP contribution is 2.36. The Labute approximate surface area is 228 Å². The molecule has 1 aliphatic heterocycles. The molecule has 1 aliphatic rings. The minimum atomic E-state index is -4.81. The largest absolute Gasteiger partial charge is 0.573 e. The van der Waals surface area contributed by atoms with Gasteiger partial charge >= 0.3 is 6.36 Å². The van der Waals surface area contributed by atoms with Crippen LogP contribution in [-0.2, 0) is 19.7 Å². The predicted molar refractivity (Wildman–Crippen MR) is 144 cm³/mol. The van der Waals surface area contributed by atoms with Crippen molar-refractivity contribution >= 4 is 17.3 Å². The van der Waals surface area contributed by atoms with Crippen LogP contribution in [0.5, 0.6) is 11.5 Å². The molecule has 0 amide bonds. The zero-order valence-electron chi connectivity index (χ0n) is 21.4. The first-order valence-corrected chi connectivity index (χ1v) is 12.5. The van der Waals surface area contributed by atoms with Crippen molar-refractivity contribution in [3.05, 3.63) is 88.7 Å². The summed E-state index contributed by atoms with van der Waals surface area (Å²) in [4.78, 5) is 4.16. The minimum absolute atomic E-state index is 0.0692. The van der Waals surface area contributed by atoms with Crippen LogP contribution in [0, 0.1) is 0 Å². The molecule has 2 aromatic heterocycles. The number of nitrogens with one attached hydrogen (secondary N) is 2. The highest BCUT2D eigenvalue weighted by molar-refractivity contribution is 5.70. The maximum Gasteiger partial charge on any atom is 0.573 e. The van der Waals surface area contributed by atoms with E-state index in [9.17, 15) is 13.2 Å². The van der Waals surface area contributed by atoms with Crippen LogP contribution < -0.4 is 37.5 Å². The van der Waals surface area contributed by atoms with E-state index in [0.717, 1.165) is 16.7 Å². The Hall–Kier alpha value is -4.49. The highest BCUT2D eigenvalue weighted by atomic mass is 19.4. The van der Waals surface area contributed by atoms with Gasteiger partial charge in [-0.2, -0.15) is 5.10 Å². The summed E-state index contributed by atoms with van der Waals surface area (Å²) in [6.45, 7) is 1.34. The summed E-state index contributed by atoms with van der Waals surface area (Å²) >= 11 is 0. The number of ether oxygens (including phenoxy) is 2. The predicted octanol–water partition coefficient (Wildman–Crippen LogP) is 3.88. The quantitative estimate of drug-likeness (QED) is 0.188. The van der Waals surface area contributed by atoms with Crippen LogP contribution in [0.2, 0.25) is 0 Å². The van der Waals surface area contributed by atoms with E-state index in [2.05, 4.69) is 25.6 Å². The van der Waals surface area contributed by atoms with E-state index in [0.29, 0.717) is 48.6 Å². The Bertz CT molecular complexity index is 1490. The third-order valence-corrected chi connectivity index (χ3v) is 6.53. The smallest absolute Gasteiger partial charge is 0.489 e. The summed E-state index contributed by atoms with van der Waals surface area (Å²) in [5.41, 5.74) is 19.0. The van der Waals surface area contributed by atoms with Crippen LogP contribution in [0.25, 0.3) is 0 Å². The van der Waals surface area contributed by atoms with Crippen LogP contribution >= 0.6 is 0 Å². The van der Waals surface area contributed by atoms with Crippen molar-refractivity contribution in [2.45, 2.75) is 38.4 Å². The highest BCUT2D eigenvalue weighted by Gasteiger charge is 2.31. The molecule has 0 radical (unpaired) electrons. The van der Waals surface area contributed by atoms with Gasteiger partial charge in [0.1, 0.15) is 23.9 Å². The lowest BCUT2D eigenvalue weighted by atomic mass is 9.89. The number of rotatable bonds is 3. The third kappa shape index (κ3) is 6.55. The first-order valence-electron chi connectivity index (χ1n) is 12.5. The number of nitrogens with two attached hydrogens (primary N) is 3. The zero-order valence-corrected chi connectivity index (χ0v) is 21.4. The topological polar surface area (TPSA) is 151 Å². The number of fused-ring (bicyclic) bond motifs is 6. The monoisotopic (exact) mass is 554 g/mol. The van der Waals surface area contributed by atoms with Crippen molar-refractivity contribution < 1.29 is 22.6 Å². The Kier molecular flexibility index (Phi) is 7.67. The van der Waals surface area contributed by atoms with Crippen molar-refractivity contribution in [1.29, 1.82) is 0 Å². The van der Waals surface area contributed by atoms with Gasteiger partial charge in [0.2, 0.25) is 0 Å². The van der Waals surface area contributed by atoms with Crippen molar-refractivity contribution in [2.24, 2.45) is 5.84 Å². The average molecular weight is 555 g/mol. The van der Waals surface area contributed by atoms with Gasteiger partial charge < -0.3 is 31.7 Å². The van der Waals surface area contributed by atoms with Gasteiger partial charge in [-0.05, 0) is 71.1 Å². The van der Waals surface area contributed by atoms with Gasteiger partial charge in [0.05, 0.1) is 18.4 Å². The molecule has 0 spiro atoms. The minimum Gasteiger partial charge on any atom is -0.489 e. The number of hydrogen-bond donors (Lipinski definition) is 5. The number of pyridine rings is 1. The van der Waals surface area contributed by atoms with E-state index in [1.54, 1.807) is 24.4 Å². The first-order chi connectivity index (χ1) is 19.2. The molecule has 1 unspecified atom stereocenters. The molecular formula is C27H29F3N8O2. The second kappa shape index (κ2) is 11.3. The summed E-state index contributed by atoms with van der Waals surface area (Å²) in [6, 6.07) is 13.7. The van der Waals surface area contributed by atoms with E-state index in [-0.39, 0.29) is 29.9 Å². The van der Waals surface area contributed by atoms with Crippen molar-refractivity contribution in [1.82, 2.24) is 20.1 Å². The van der Waals surface area contributed by atoms with Crippen molar-refractivity contribution in [3.63, 3.8) is 0 Å². The Balaban J connectivity index is 1.51. The number of aromatic nitrogens is 3. The Morgan fingerprint density at radius 3 is 2.70 bits per heavy atom. The van der Waals surface area contributed by atoms with Gasteiger partial charge in [0.15, 0.2) is 5.82 Å². The van der Waals surface area contributed by atoms with E-state index >= 15 is 0 Å². The van der Waals surface area contributed by atoms with Gasteiger partial charge in [0.25, 0.3) is 0 Å². The molecule has 13 heteroatoms. The molecule has 2 aromatic carbocycles. The molecule has 0 fully saturated rings. The number of benzene rings is 2. The molecule has 210 valence electrons. The molecule has 5 rings (SSSR count). The Morgan fingerprint density at radius 2 is 1.90 bits per heavy atom. The SMILES string of the molecule is NNc1nc(N)cc(C2CCNCc3cc(cc(OC(F)(F)F)c3)COc3cccc(c3)Cn3cc2cn3)c1N. The number of anilines is 3. The van der Waals surface area contributed by atoms with Crippen LogP contribution in [-0.4, -0.2) is 27.7 Å². The number of nitrogen functional groups attached to an aromatic ring is 3. The third-order valence-electron chi connectivity index (χ3n) is 6.53. The van der Waals surface area contributed by atoms with Gasteiger partial charge in [-0.25, -0.2) is 10.8 Å². The van der Waals surface area contributed by atoms with Crippen molar-refractivity contribution in [3.8, 4) is 11.5 Å². The maximum absolute atomic E-state index is 13.0. The zero-order chi connectivity index (χ0) is 28.3. The molecular weight excluding hydrogens is 525 g/mol. The van der Waals surface area contributed by atoms with Gasteiger partial charge in [-0.1, -0.05) is 18.2 Å². The summed E-state index contributed by atoms with van der Waals surface area (Å²) in [5.74, 6) is 6.19. The summed E-state index contributed by atoms with van der Waals surface area (Å²) < 4.78 is 51.0. The molecule has 0 saturated carbocycles. The number of alkyl halides is 3. The lowest BCUT2D eigenvalue weighted by Crippen LogP contribution is -2.20. The van der Waals surface area contributed by atoms with Gasteiger partial charge in [-0.15, -0.1) is 13.2 Å². The first kappa shape index (κ1) is 27.1. The van der Waals surface area contributed by atoms with E-state index in [1.807, 2.05) is 29.1 Å². The fourth-order valence-corrected chi connectivity index (χ4v) is 4.81. The van der Waals surface area contributed by atoms with E-state index in [4.69, 9.17) is 22.0 Å². The molecule has 40 heavy (non-hydrogen) atoms. The van der Waals surface area contributed by atoms with Gasteiger partial charge in [0, 0.05) is 18.7 Å². The number of hydrazine groups is 1. The van der Waals surface area contributed by atoms with Crippen LogP contribution in [0.15, 0.2) is 60.9 Å². The lowest BCUT2D eigenvalue weighted by Gasteiger charge is -2.20. The molecule has 4 aromatic rings. The summed E-state index contributed by atoms with van der Waals surface area (Å²) in [5, 5.41) is 7.88. The standard InChI is InChI=1S/C27H29F3N8O2/c28-27(29,30)40-21-8-17-6-18(9-21)15-39-20-3-1-2-16(7-20)13-38-14-19(12-35-38)22(4-5-34-11-17)23-10-24(31)36-26(37-33)25(23)32/h1-3,6-10,12,14,22,34H,4-5,11,13,15,32-33H2,(H3,31,36,37). The van der Waals surface area contributed by atoms with Crippen LogP contribution in [0.3, 0.4) is 0 Å². The summed E-state index contributed by atoms with van der Waals surface area (Å²) in [6.07, 6.45) is -0.502. The second-order valence-corrected chi connectivity index (χ2v) is 9.50. The van der Waals surface area contributed by atoms with E-state index in [1.165, 1.54) is 12.1 Å². The molecule has 3 heterocycles. The number of halogens is 3. The molecule has 10 nitrogen and oxygen atoms in total. The molecule has 1 atom stereocenters. The number of nitrogens with zero attached hydrogens (tertiary/aromatic N) is 3. The average Bonchev–Trinajstić information content (AvgIpc) is 3.35. The molecule has 0 saturated heterocycles. The summed E-state index contributed by atoms with van der Waals surface area (Å²) in [7, 11) is 0.